The highest BCUT2D eigenvalue weighted by atomic mass is 35.5. The summed E-state index contributed by atoms with van der Waals surface area (Å²) >= 11 is 6.41. The van der Waals surface area contributed by atoms with Gasteiger partial charge in [-0.25, -0.2) is 4.79 Å². The highest BCUT2D eigenvalue weighted by Crippen LogP contribution is 2.39. The molecule has 2 fully saturated rings. The Morgan fingerprint density at radius 2 is 1.78 bits per heavy atom. The van der Waals surface area contributed by atoms with Gasteiger partial charge < -0.3 is 4.90 Å². The number of hydrogen-bond acceptors (Lipinski definition) is 3. The summed E-state index contributed by atoms with van der Waals surface area (Å²) in [6.45, 7) is 1.28. The van der Waals surface area contributed by atoms with Gasteiger partial charge in [0.1, 0.15) is 0 Å². The van der Waals surface area contributed by atoms with Crippen LogP contribution in [0.4, 0.5) is 4.79 Å². The van der Waals surface area contributed by atoms with E-state index in [4.69, 9.17) is 11.6 Å². The number of imide groups is 1. The summed E-state index contributed by atoms with van der Waals surface area (Å²) in [5.41, 5.74) is 2.14. The number of benzene rings is 2. The number of nitrogens with zero attached hydrogens (tertiary/aromatic N) is 1. The maximum absolute atomic E-state index is 12.7. The Balaban J connectivity index is 1.59. The Morgan fingerprint density at radius 1 is 1.04 bits per heavy atom. The molecule has 6 heteroatoms. The Bertz CT molecular complexity index is 842. The summed E-state index contributed by atoms with van der Waals surface area (Å²) < 4.78 is 0. The lowest BCUT2D eigenvalue weighted by Crippen LogP contribution is -2.68. The quantitative estimate of drug-likeness (QED) is 0.852. The number of piperidine rings is 1. The second-order valence-electron chi connectivity index (χ2n) is 7.06. The van der Waals surface area contributed by atoms with Crippen molar-refractivity contribution in [3.63, 3.8) is 0 Å². The fourth-order valence-corrected chi connectivity index (χ4v) is 4.47. The van der Waals surface area contributed by atoms with Crippen LogP contribution in [0.5, 0.6) is 0 Å². The van der Waals surface area contributed by atoms with Crippen molar-refractivity contribution in [3.05, 3.63) is 70.7 Å². The molecular formula is C21H22ClN3O2. The smallest absolute Gasteiger partial charge is 0.308 e. The van der Waals surface area contributed by atoms with Gasteiger partial charge in [0.15, 0.2) is 0 Å². The maximum Gasteiger partial charge on any atom is 0.325 e. The number of carbonyl (C=O) groups excluding carboxylic acids is 2. The highest BCUT2D eigenvalue weighted by molar-refractivity contribution is 6.31. The van der Waals surface area contributed by atoms with Gasteiger partial charge in [0.2, 0.25) is 5.91 Å². The monoisotopic (exact) mass is 383 g/mol. The lowest BCUT2D eigenvalue weighted by molar-refractivity contribution is -0.131. The summed E-state index contributed by atoms with van der Waals surface area (Å²) in [5.74, 6) is -0.595. The van der Waals surface area contributed by atoms with Crippen LogP contribution in [0, 0.1) is 5.92 Å². The summed E-state index contributed by atoms with van der Waals surface area (Å²) in [5, 5.41) is 6.61. The number of urea groups is 1. The number of carbonyl (C=O) groups is 2. The van der Waals surface area contributed by atoms with E-state index in [1.165, 1.54) is 0 Å². The molecule has 3 atom stereocenters. The highest BCUT2D eigenvalue weighted by Gasteiger charge is 2.47. The van der Waals surface area contributed by atoms with Crippen molar-refractivity contribution in [2.45, 2.75) is 24.9 Å². The molecule has 2 aliphatic heterocycles. The molecule has 0 aromatic heterocycles. The standard InChI is InChI=1S/C21H22ClN3O2/c22-17-9-5-4-8-15(17)16-10-12-23-19-18(16)20(26)24-21(27)25(19)13-11-14-6-2-1-3-7-14/h1-9,16,18-19,23H,10-13H2,(H,24,26,27). The third-order valence-electron chi connectivity index (χ3n) is 5.50. The molecule has 0 radical (unpaired) electrons. The van der Waals surface area contributed by atoms with Crippen LogP contribution in [-0.4, -0.2) is 36.1 Å². The van der Waals surface area contributed by atoms with Crippen molar-refractivity contribution in [2.24, 2.45) is 5.92 Å². The predicted molar refractivity (Wildman–Crippen MR) is 104 cm³/mol. The normalized spacial score (nSPS) is 25.1. The van der Waals surface area contributed by atoms with Crippen LogP contribution in [0.15, 0.2) is 54.6 Å². The third kappa shape index (κ3) is 3.57. The number of halogens is 1. The van der Waals surface area contributed by atoms with E-state index < -0.39 is 0 Å². The molecule has 3 amide bonds. The molecule has 0 saturated carbocycles. The van der Waals surface area contributed by atoms with Gasteiger partial charge in [0.05, 0.1) is 12.1 Å². The van der Waals surface area contributed by atoms with Gasteiger partial charge in [-0.15, -0.1) is 0 Å². The van der Waals surface area contributed by atoms with E-state index in [0.29, 0.717) is 11.6 Å². The molecule has 5 nitrogen and oxygen atoms in total. The van der Waals surface area contributed by atoms with Crippen LogP contribution in [0.25, 0.3) is 0 Å². The van der Waals surface area contributed by atoms with E-state index in [1.807, 2.05) is 54.6 Å². The van der Waals surface area contributed by atoms with Gasteiger partial charge in [-0.05, 0) is 36.6 Å². The second kappa shape index (κ2) is 7.71. The lowest BCUT2D eigenvalue weighted by Gasteiger charge is -2.47. The molecule has 140 valence electrons. The summed E-state index contributed by atoms with van der Waals surface area (Å²) in [7, 11) is 0. The fraction of sp³-hybridized carbons (Fsp3) is 0.333. The van der Waals surface area contributed by atoms with E-state index in [-0.39, 0.29) is 29.9 Å². The van der Waals surface area contributed by atoms with Crippen LogP contribution in [0.2, 0.25) is 5.02 Å². The largest absolute Gasteiger partial charge is 0.325 e. The number of hydrogen-bond donors (Lipinski definition) is 2. The lowest BCUT2D eigenvalue weighted by atomic mass is 9.77. The summed E-state index contributed by atoms with van der Waals surface area (Å²) in [6, 6.07) is 17.4. The predicted octanol–water partition coefficient (Wildman–Crippen LogP) is 3.15. The zero-order valence-corrected chi connectivity index (χ0v) is 15.7. The topological polar surface area (TPSA) is 61.4 Å². The van der Waals surface area contributed by atoms with Crippen LogP contribution in [0.1, 0.15) is 23.5 Å². The fourth-order valence-electron chi connectivity index (χ4n) is 4.19. The molecule has 2 aliphatic rings. The van der Waals surface area contributed by atoms with Crippen molar-refractivity contribution >= 4 is 23.5 Å². The number of fused-ring (bicyclic) bond motifs is 1. The van der Waals surface area contributed by atoms with Gasteiger partial charge in [-0.3, -0.25) is 15.4 Å². The average molecular weight is 384 g/mol. The molecule has 0 bridgehead atoms. The molecule has 0 spiro atoms. The van der Waals surface area contributed by atoms with E-state index in [9.17, 15) is 9.59 Å². The average Bonchev–Trinajstić information content (AvgIpc) is 2.68. The molecule has 4 rings (SSSR count). The molecule has 27 heavy (non-hydrogen) atoms. The number of nitrogens with one attached hydrogen (secondary N) is 2. The first-order chi connectivity index (χ1) is 13.1. The molecule has 2 saturated heterocycles. The van der Waals surface area contributed by atoms with Gasteiger partial charge >= 0.3 is 6.03 Å². The number of rotatable bonds is 4. The minimum atomic E-state index is -0.355. The molecule has 0 aliphatic carbocycles. The molecular weight excluding hydrogens is 362 g/mol. The molecule has 3 unspecified atom stereocenters. The van der Waals surface area contributed by atoms with E-state index >= 15 is 0 Å². The van der Waals surface area contributed by atoms with Crippen LogP contribution < -0.4 is 10.6 Å². The van der Waals surface area contributed by atoms with Crippen molar-refractivity contribution in [3.8, 4) is 0 Å². The summed E-state index contributed by atoms with van der Waals surface area (Å²) in [6.07, 6.45) is 1.23. The Labute approximate surface area is 163 Å². The van der Waals surface area contributed by atoms with Crippen molar-refractivity contribution in [2.75, 3.05) is 13.1 Å². The minimum Gasteiger partial charge on any atom is -0.308 e. The van der Waals surface area contributed by atoms with Gasteiger partial charge in [0, 0.05) is 17.5 Å². The molecule has 2 N–H and O–H groups in total. The van der Waals surface area contributed by atoms with Gasteiger partial charge in [-0.1, -0.05) is 60.1 Å². The maximum atomic E-state index is 12.7. The Kier molecular flexibility index (Phi) is 5.14. The SMILES string of the molecule is O=C1NC(=O)N(CCc2ccccc2)C2NCCC(c3ccccc3Cl)C12. The van der Waals surface area contributed by atoms with Crippen molar-refractivity contribution in [1.82, 2.24) is 15.5 Å². The second-order valence-corrected chi connectivity index (χ2v) is 7.47. The number of amides is 3. The Morgan fingerprint density at radius 3 is 2.56 bits per heavy atom. The van der Waals surface area contributed by atoms with Gasteiger partial charge in [0.25, 0.3) is 0 Å². The Hall–Kier alpha value is -2.37. The molecule has 2 aromatic rings. The van der Waals surface area contributed by atoms with E-state index in [0.717, 1.165) is 30.5 Å². The first-order valence-electron chi connectivity index (χ1n) is 9.28. The molecule has 2 heterocycles. The van der Waals surface area contributed by atoms with Crippen molar-refractivity contribution in [1.29, 1.82) is 0 Å². The third-order valence-corrected chi connectivity index (χ3v) is 5.85. The zero-order valence-electron chi connectivity index (χ0n) is 14.9. The van der Waals surface area contributed by atoms with Crippen LogP contribution in [0.3, 0.4) is 0 Å². The first kappa shape index (κ1) is 18.0. The van der Waals surface area contributed by atoms with Gasteiger partial charge in [-0.2, -0.15) is 0 Å². The first-order valence-corrected chi connectivity index (χ1v) is 9.66. The molecule has 2 aromatic carbocycles. The van der Waals surface area contributed by atoms with Crippen LogP contribution in [-0.2, 0) is 11.2 Å². The van der Waals surface area contributed by atoms with E-state index in [2.05, 4.69) is 10.6 Å². The van der Waals surface area contributed by atoms with Crippen molar-refractivity contribution < 1.29 is 9.59 Å². The zero-order chi connectivity index (χ0) is 18.8. The van der Waals surface area contributed by atoms with E-state index in [1.54, 1.807) is 4.90 Å². The minimum absolute atomic E-state index is 0.0164. The van der Waals surface area contributed by atoms with Crippen LogP contribution >= 0.6 is 11.6 Å². The summed E-state index contributed by atoms with van der Waals surface area (Å²) in [4.78, 5) is 27.0.